The summed E-state index contributed by atoms with van der Waals surface area (Å²) in [7, 11) is 0. The van der Waals surface area contributed by atoms with Crippen LogP contribution < -0.4 is 0 Å². The first kappa shape index (κ1) is 10.4. The molecule has 2 spiro atoms. The number of ether oxygens (including phenoxy) is 1. The summed E-state index contributed by atoms with van der Waals surface area (Å²) >= 11 is 0. The first-order valence-corrected chi connectivity index (χ1v) is 8.93. The molecule has 2 heteroatoms. The van der Waals surface area contributed by atoms with Crippen LogP contribution in [0.3, 0.4) is 0 Å². The van der Waals surface area contributed by atoms with Crippen molar-refractivity contribution in [2.75, 3.05) is 0 Å². The molecule has 10 unspecified atom stereocenters. The number of epoxide rings is 1. The van der Waals surface area contributed by atoms with Crippen LogP contribution in [0.25, 0.3) is 0 Å². The van der Waals surface area contributed by atoms with Crippen LogP contribution in [0.5, 0.6) is 0 Å². The highest BCUT2D eigenvalue weighted by Crippen LogP contribution is 2.78. The third kappa shape index (κ3) is 0.830. The van der Waals surface area contributed by atoms with Gasteiger partial charge in [0.05, 0.1) is 12.2 Å². The number of hydrogen-bond donors (Lipinski definition) is 0. The van der Waals surface area contributed by atoms with Crippen molar-refractivity contribution in [3.05, 3.63) is 0 Å². The Labute approximate surface area is 119 Å². The lowest BCUT2D eigenvalue weighted by Crippen LogP contribution is -2.43. The van der Waals surface area contributed by atoms with Crippen LogP contribution in [0, 0.1) is 46.3 Å². The molecule has 10 atom stereocenters. The molecule has 0 aromatic rings. The van der Waals surface area contributed by atoms with Crippen molar-refractivity contribution in [2.24, 2.45) is 46.3 Å². The van der Waals surface area contributed by atoms with Gasteiger partial charge in [0, 0.05) is 16.7 Å². The summed E-state index contributed by atoms with van der Waals surface area (Å²) in [6.07, 6.45) is 10.2. The zero-order valence-electron chi connectivity index (χ0n) is 11.9. The van der Waals surface area contributed by atoms with Crippen LogP contribution in [0.2, 0.25) is 0 Å². The molecular weight excluding hydrogens is 248 g/mol. The SMILES string of the molecule is O=C1C2(CCC13CC1CC3C3OC13)CC1CC2C2CC12. The molecule has 1 heterocycles. The second-order valence-corrected chi connectivity index (χ2v) is 9.38. The average Bonchev–Trinajstić information content (AvgIpc) is 3.28. The minimum Gasteiger partial charge on any atom is -0.369 e. The van der Waals surface area contributed by atoms with Gasteiger partial charge >= 0.3 is 0 Å². The molecule has 7 aliphatic rings. The fourth-order valence-corrected chi connectivity index (χ4v) is 8.46. The zero-order valence-corrected chi connectivity index (χ0v) is 11.9. The Morgan fingerprint density at radius 3 is 2.30 bits per heavy atom. The lowest BCUT2D eigenvalue weighted by molar-refractivity contribution is -0.139. The Morgan fingerprint density at radius 1 is 0.850 bits per heavy atom. The maximum Gasteiger partial charge on any atom is 0.145 e. The van der Waals surface area contributed by atoms with E-state index >= 15 is 0 Å². The summed E-state index contributed by atoms with van der Waals surface area (Å²) in [5.41, 5.74) is 0.258. The lowest BCUT2D eigenvalue weighted by atomic mass is 9.64. The van der Waals surface area contributed by atoms with Crippen molar-refractivity contribution >= 4 is 5.78 Å². The first-order chi connectivity index (χ1) is 9.73. The fourth-order valence-electron chi connectivity index (χ4n) is 8.46. The third-order valence-corrected chi connectivity index (χ3v) is 9.14. The molecule has 0 aromatic carbocycles. The molecule has 20 heavy (non-hydrogen) atoms. The van der Waals surface area contributed by atoms with E-state index in [1.165, 1.54) is 44.9 Å². The van der Waals surface area contributed by atoms with Gasteiger partial charge in [0.2, 0.25) is 0 Å². The van der Waals surface area contributed by atoms with E-state index in [9.17, 15) is 4.79 Å². The number of carbonyl (C=O) groups excluding carboxylic acids is 1. The van der Waals surface area contributed by atoms with E-state index in [1.54, 1.807) is 0 Å². The Bertz CT molecular complexity index is 522. The monoisotopic (exact) mass is 270 g/mol. The number of Topliss-reactive ketones (excluding diaryl/α,β-unsaturated/α-hetero) is 1. The zero-order chi connectivity index (χ0) is 12.9. The smallest absolute Gasteiger partial charge is 0.145 e. The van der Waals surface area contributed by atoms with Crippen molar-refractivity contribution in [1.29, 1.82) is 0 Å². The summed E-state index contributed by atoms with van der Waals surface area (Å²) in [5.74, 6) is 5.88. The highest BCUT2D eigenvalue weighted by Gasteiger charge is 2.78. The molecule has 7 fully saturated rings. The molecule has 6 saturated carbocycles. The predicted molar refractivity (Wildman–Crippen MR) is 71.8 cm³/mol. The molecule has 0 aromatic heterocycles. The molecule has 0 N–H and O–H groups in total. The topological polar surface area (TPSA) is 29.6 Å². The highest BCUT2D eigenvalue weighted by molar-refractivity contribution is 5.94. The second-order valence-electron chi connectivity index (χ2n) is 9.38. The number of fused-ring (bicyclic) bond motifs is 12. The van der Waals surface area contributed by atoms with Crippen molar-refractivity contribution in [1.82, 2.24) is 0 Å². The second kappa shape index (κ2) is 2.66. The maximum atomic E-state index is 13.6. The number of ketones is 1. The summed E-state index contributed by atoms with van der Waals surface area (Å²) in [6.45, 7) is 0. The van der Waals surface area contributed by atoms with Gasteiger partial charge < -0.3 is 4.74 Å². The minimum absolute atomic E-state index is 0.0944. The Balaban J connectivity index is 1.33. The van der Waals surface area contributed by atoms with Crippen molar-refractivity contribution in [3.8, 4) is 0 Å². The van der Waals surface area contributed by atoms with Crippen LogP contribution in [0.1, 0.15) is 44.9 Å². The van der Waals surface area contributed by atoms with E-state index in [4.69, 9.17) is 4.74 Å². The van der Waals surface area contributed by atoms with Crippen molar-refractivity contribution in [2.45, 2.75) is 57.2 Å². The van der Waals surface area contributed by atoms with Crippen LogP contribution in [-0.2, 0) is 9.53 Å². The Morgan fingerprint density at radius 2 is 1.60 bits per heavy atom. The van der Waals surface area contributed by atoms with Crippen LogP contribution in [-0.4, -0.2) is 18.0 Å². The van der Waals surface area contributed by atoms with Crippen LogP contribution in [0.4, 0.5) is 0 Å². The molecule has 106 valence electrons. The third-order valence-electron chi connectivity index (χ3n) is 9.14. The molecule has 2 nitrogen and oxygen atoms in total. The quantitative estimate of drug-likeness (QED) is 0.633. The molecule has 1 aliphatic heterocycles. The van der Waals surface area contributed by atoms with E-state index < -0.39 is 0 Å². The molecule has 7 rings (SSSR count). The van der Waals surface area contributed by atoms with Crippen LogP contribution in [0.15, 0.2) is 0 Å². The normalized spacial score (nSPS) is 73.9. The highest BCUT2D eigenvalue weighted by atomic mass is 16.6. The number of hydrogen-bond acceptors (Lipinski definition) is 2. The summed E-state index contributed by atoms with van der Waals surface area (Å²) in [4.78, 5) is 13.6. The van der Waals surface area contributed by atoms with Crippen molar-refractivity contribution in [3.63, 3.8) is 0 Å². The molecule has 0 amide bonds. The van der Waals surface area contributed by atoms with Gasteiger partial charge in [-0.2, -0.15) is 0 Å². The molecule has 6 aliphatic carbocycles. The molecule has 0 radical (unpaired) electrons. The van der Waals surface area contributed by atoms with E-state index in [1.807, 2.05) is 0 Å². The number of rotatable bonds is 0. The van der Waals surface area contributed by atoms with Gasteiger partial charge in [0.15, 0.2) is 0 Å². The summed E-state index contributed by atoms with van der Waals surface area (Å²) in [5, 5.41) is 0. The Hall–Kier alpha value is -0.370. The minimum atomic E-state index is 0.0944. The molecule has 4 bridgehead atoms. The van der Waals surface area contributed by atoms with Gasteiger partial charge in [0.1, 0.15) is 5.78 Å². The van der Waals surface area contributed by atoms with Crippen LogP contribution >= 0.6 is 0 Å². The van der Waals surface area contributed by atoms with Gasteiger partial charge in [-0.1, -0.05) is 0 Å². The van der Waals surface area contributed by atoms with Gasteiger partial charge in [0.25, 0.3) is 0 Å². The first-order valence-electron chi connectivity index (χ1n) is 8.93. The van der Waals surface area contributed by atoms with Gasteiger partial charge in [-0.25, -0.2) is 0 Å². The van der Waals surface area contributed by atoms with E-state index in [2.05, 4.69) is 0 Å². The van der Waals surface area contributed by atoms with Crippen molar-refractivity contribution < 1.29 is 9.53 Å². The maximum absolute atomic E-state index is 13.6. The predicted octanol–water partition coefficient (Wildman–Crippen LogP) is 2.81. The molecule has 1 saturated heterocycles. The largest absolute Gasteiger partial charge is 0.369 e. The van der Waals surface area contributed by atoms with E-state index in [0.717, 1.165) is 35.4 Å². The lowest BCUT2D eigenvalue weighted by Gasteiger charge is -2.37. The summed E-state index contributed by atoms with van der Waals surface area (Å²) in [6, 6.07) is 0. The van der Waals surface area contributed by atoms with E-state index in [-0.39, 0.29) is 10.8 Å². The fraction of sp³-hybridized carbons (Fsp3) is 0.944. The van der Waals surface area contributed by atoms with Gasteiger partial charge in [-0.15, -0.1) is 0 Å². The summed E-state index contributed by atoms with van der Waals surface area (Å²) < 4.78 is 5.87. The number of carbonyl (C=O) groups is 1. The standard InChI is InChI=1S/C18H22O2/c19-16-17(6-8-3-12(17)11-5-10(8)11)1-2-18(16)7-9-4-13(18)15-14(9)20-15/h8-15H,1-7H2. The Kier molecular flexibility index (Phi) is 1.38. The van der Waals surface area contributed by atoms with E-state index in [0.29, 0.717) is 18.1 Å². The molecular formula is C18H22O2. The van der Waals surface area contributed by atoms with Gasteiger partial charge in [-0.05, 0) is 74.5 Å². The average molecular weight is 270 g/mol. The van der Waals surface area contributed by atoms with Gasteiger partial charge in [-0.3, -0.25) is 4.79 Å².